The van der Waals surface area contributed by atoms with E-state index in [1.807, 2.05) is 7.05 Å². The van der Waals surface area contributed by atoms with Gasteiger partial charge in [-0.15, -0.1) is 24.0 Å². The number of hydrogen-bond acceptors (Lipinski definition) is 3. The molecule has 158 valence electrons. The quantitative estimate of drug-likeness (QED) is 0.268. The zero-order chi connectivity index (χ0) is 19.1. The Labute approximate surface area is 187 Å². The van der Waals surface area contributed by atoms with Crippen LogP contribution < -0.4 is 10.1 Å². The largest absolute Gasteiger partial charge is 0.494 e. The average molecular weight is 500 g/mol. The first kappa shape index (κ1) is 23.3. The predicted molar refractivity (Wildman–Crippen MR) is 128 cm³/mol. The highest BCUT2D eigenvalue weighted by Gasteiger charge is 2.35. The number of aliphatic imine (C=N–C) groups is 1. The molecule has 2 fully saturated rings. The van der Waals surface area contributed by atoms with Crippen LogP contribution in [0.1, 0.15) is 37.7 Å². The summed E-state index contributed by atoms with van der Waals surface area (Å²) in [6.45, 7) is 4.96. The van der Waals surface area contributed by atoms with E-state index in [4.69, 9.17) is 4.74 Å². The van der Waals surface area contributed by atoms with E-state index in [0.29, 0.717) is 0 Å². The van der Waals surface area contributed by atoms with Crippen LogP contribution in [0.5, 0.6) is 5.75 Å². The molecule has 2 atom stereocenters. The van der Waals surface area contributed by atoms with E-state index in [1.165, 1.54) is 44.3 Å². The lowest BCUT2D eigenvalue weighted by Crippen LogP contribution is -2.39. The monoisotopic (exact) mass is 500 g/mol. The van der Waals surface area contributed by atoms with E-state index >= 15 is 0 Å². The molecule has 0 bridgehead atoms. The number of benzene rings is 1. The fourth-order valence-electron chi connectivity index (χ4n) is 4.37. The molecule has 0 aromatic heterocycles. The second-order valence-electron chi connectivity index (χ2n) is 8.26. The summed E-state index contributed by atoms with van der Waals surface area (Å²) in [7, 11) is 6.08. The second-order valence-corrected chi connectivity index (χ2v) is 8.26. The number of fused-ring (bicyclic) bond motifs is 1. The van der Waals surface area contributed by atoms with Crippen LogP contribution in [0.2, 0.25) is 0 Å². The molecule has 1 aliphatic carbocycles. The van der Waals surface area contributed by atoms with Crippen molar-refractivity contribution in [2.45, 2.75) is 38.6 Å². The van der Waals surface area contributed by atoms with Crippen LogP contribution in [0.25, 0.3) is 0 Å². The minimum absolute atomic E-state index is 0. The third-order valence-corrected chi connectivity index (χ3v) is 5.88. The topological polar surface area (TPSA) is 40.1 Å². The van der Waals surface area contributed by atoms with Crippen LogP contribution >= 0.6 is 24.0 Å². The summed E-state index contributed by atoms with van der Waals surface area (Å²) in [5, 5.41) is 3.55. The van der Waals surface area contributed by atoms with E-state index in [1.54, 1.807) is 0 Å². The second kappa shape index (κ2) is 11.9. The van der Waals surface area contributed by atoms with Crippen LogP contribution in [0.4, 0.5) is 0 Å². The summed E-state index contributed by atoms with van der Waals surface area (Å²) in [5.41, 5.74) is 1.26. The molecule has 0 radical (unpaired) electrons. The number of halogens is 1. The number of likely N-dealkylation sites (tertiary alicyclic amines) is 1. The summed E-state index contributed by atoms with van der Waals surface area (Å²) < 4.78 is 5.81. The summed E-state index contributed by atoms with van der Waals surface area (Å²) in [5.74, 6) is 3.75. The first-order valence-corrected chi connectivity index (χ1v) is 10.5. The first-order valence-electron chi connectivity index (χ1n) is 10.5. The van der Waals surface area contributed by atoms with Gasteiger partial charge >= 0.3 is 0 Å². The first-order chi connectivity index (χ1) is 13.2. The van der Waals surface area contributed by atoms with Gasteiger partial charge in [0.25, 0.3) is 0 Å². The zero-order valence-electron chi connectivity index (χ0n) is 17.7. The van der Waals surface area contributed by atoms with Crippen molar-refractivity contribution in [3.05, 3.63) is 29.8 Å². The summed E-state index contributed by atoms with van der Waals surface area (Å²) in [6.07, 6.45) is 6.65. The molecule has 1 aliphatic heterocycles. The Hall–Kier alpha value is -1.02. The molecule has 2 unspecified atom stereocenters. The van der Waals surface area contributed by atoms with Gasteiger partial charge < -0.3 is 19.9 Å². The van der Waals surface area contributed by atoms with Gasteiger partial charge in [-0.05, 0) is 62.9 Å². The predicted octanol–water partition coefficient (Wildman–Crippen LogP) is 3.83. The van der Waals surface area contributed by atoms with Crippen molar-refractivity contribution in [3.8, 4) is 5.75 Å². The maximum atomic E-state index is 5.81. The van der Waals surface area contributed by atoms with Crippen LogP contribution in [0.15, 0.2) is 29.3 Å². The van der Waals surface area contributed by atoms with Gasteiger partial charge in [-0.1, -0.05) is 25.0 Å². The molecule has 3 rings (SSSR count). The van der Waals surface area contributed by atoms with Gasteiger partial charge in [0.15, 0.2) is 5.96 Å². The molecule has 1 N–H and O–H groups in total. The number of nitrogens with zero attached hydrogens (tertiary/aromatic N) is 3. The lowest BCUT2D eigenvalue weighted by molar-refractivity contribution is 0.281. The standard InChI is InChI=1S/C22H36N4O.HI/c1-23-22(26-16-19-7-4-5-8-20(19)17-26)24-15-18-9-11-21(12-10-18)27-14-6-13-25(2)3;/h9-12,19-20H,4-8,13-17H2,1-3H3,(H,23,24);1H. The van der Waals surface area contributed by atoms with E-state index in [2.05, 4.69) is 58.5 Å². The molecular weight excluding hydrogens is 463 g/mol. The Balaban J connectivity index is 0.00000280. The molecule has 1 aromatic carbocycles. The van der Waals surface area contributed by atoms with Crippen molar-refractivity contribution >= 4 is 29.9 Å². The molecule has 6 heteroatoms. The van der Waals surface area contributed by atoms with Crippen LogP contribution in [0, 0.1) is 11.8 Å². The van der Waals surface area contributed by atoms with E-state index in [0.717, 1.165) is 49.7 Å². The maximum Gasteiger partial charge on any atom is 0.193 e. The minimum atomic E-state index is 0. The molecule has 1 heterocycles. The molecule has 0 spiro atoms. The Kier molecular flexibility index (Phi) is 9.85. The average Bonchev–Trinajstić information content (AvgIpc) is 3.10. The number of ether oxygens (including phenoxy) is 1. The van der Waals surface area contributed by atoms with Gasteiger partial charge in [-0.3, -0.25) is 4.99 Å². The van der Waals surface area contributed by atoms with E-state index < -0.39 is 0 Å². The Bertz CT molecular complexity index is 591. The Morgan fingerprint density at radius 3 is 2.36 bits per heavy atom. The van der Waals surface area contributed by atoms with Gasteiger partial charge in [0.1, 0.15) is 5.75 Å². The minimum Gasteiger partial charge on any atom is -0.494 e. The molecule has 5 nitrogen and oxygen atoms in total. The lowest BCUT2D eigenvalue weighted by atomic mass is 9.82. The van der Waals surface area contributed by atoms with Crippen molar-refractivity contribution in [1.29, 1.82) is 0 Å². The van der Waals surface area contributed by atoms with Crippen molar-refractivity contribution < 1.29 is 4.74 Å². The lowest BCUT2D eigenvalue weighted by Gasteiger charge is -2.22. The highest BCUT2D eigenvalue weighted by molar-refractivity contribution is 14.0. The molecule has 28 heavy (non-hydrogen) atoms. The van der Waals surface area contributed by atoms with Crippen LogP contribution in [0.3, 0.4) is 0 Å². The molecule has 1 saturated heterocycles. The fraction of sp³-hybridized carbons (Fsp3) is 0.682. The summed E-state index contributed by atoms with van der Waals surface area (Å²) in [4.78, 5) is 9.17. The number of nitrogens with one attached hydrogen (secondary N) is 1. The Morgan fingerprint density at radius 2 is 1.79 bits per heavy atom. The van der Waals surface area contributed by atoms with Gasteiger partial charge in [0, 0.05) is 33.2 Å². The van der Waals surface area contributed by atoms with Crippen molar-refractivity contribution in [2.24, 2.45) is 16.8 Å². The third-order valence-electron chi connectivity index (χ3n) is 5.88. The highest BCUT2D eigenvalue weighted by atomic mass is 127. The summed E-state index contributed by atoms with van der Waals surface area (Å²) in [6, 6.07) is 8.43. The van der Waals surface area contributed by atoms with Gasteiger partial charge in [-0.25, -0.2) is 0 Å². The summed E-state index contributed by atoms with van der Waals surface area (Å²) >= 11 is 0. The van der Waals surface area contributed by atoms with Gasteiger partial charge in [0.2, 0.25) is 0 Å². The van der Waals surface area contributed by atoms with Crippen molar-refractivity contribution in [3.63, 3.8) is 0 Å². The van der Waals surface area contributed by atoms with Crippen molar-refractivity contribution in [1.82, 2.24) is 15.1 Å². The zero-order valence-corrected chi connectivity index (χ0v) is 20.0. The fourth-order valence-corrected chi connectivity index (χ4v) is 4.37. The number of rotatable bonds is 7. The van der Waals surface area contributed by atoms with Gasteiger partial charge in [-0.2, -0.15) is 0 Å². The normalized spacial score (nSPS) is 22.0. The van der Waals surface area contributed by atoms with Crippen LogP contribution in [-0.2, 0) is 6.54 Å². The van der Waals surface area contributed by atoms with E-state index in [-0.39, 0.29) is 24.0 Å². The Morgan fingerprint density at radius 1 is 1.14 bits per heavy atom. The third kappa shape index (κ3) is 6.79. The van der Waals surface area contributed by atoms with Gasteiger partial charge in [0.05, 0.1) is 6.61 Å². The maximum absolute atomic E-state index is 5.81. The number of hydrogen-bond donors (Lipinski definition) is 1. The van der Waals surface area contributed by atoms with Crippen LogP contribution in [-0.4, -0.2) is 63.1 Å². The molecule has 0 amide bonds. The number of guanidine groups is 1. The van der Waals surface area contributed by atoms with E-state index in [9.17, 15) is 0 Å². The molecule has 1 aromatic rings. The smallest absolute Gasteiger partial charge is 0.193 e. The SMILES string of the molecule is CN=C(NCc1ccc(OCCCN(C)C)cc1)N1CC2CCCCC2C1.I. The molecule has 1 saturated carbocycles. The molecule has 2 aliphatic rings. The molecular formula is C22H37IN4O. The highest BCUT2D eigenvalue weighted by Crippen LogP contribution is 2.35. The van der Waals surface area contributed by atoms with Crippen molar-refractivity contribution in [2.75, 3.05) is 47.4 Å².